The molecule has 0 bridgehead atoms. The van der Waals surface area contributed by atoms with Gasteiger partial charge in [0, 0.05) is 36.9 Å². The van der Waals surface area contributed by atoms with E-state index in [2.05, 4.69) is 4.98 Å². The summed E-state index contributed by atoms with van der Waals surface area (Å²) in [6.07, 6.45) is 0. The van der Waals surface area contributed by atoms with Gasteiger partial charge in [0.2, 0.25) is 10.0 Å². The summed E-state index contributed by atoms with van der Waals surface area (Å²) in [6, 6.07) is 1.73. The van der Waals surface area contributed by atoms with Gasteiger partial charge in [-0.1, -0.05) is 0 Å². The lowest BCUT2D eigenvalue weighted by Gasteiger charge is -2.25. The quantitative estimate of drug-likeness (QED) is 0.854. The Morgan fingerprint density at radius 2 is 1.95 bits per heavy atom. The summed E-state index contributed by atoms with van der Waals surface area (Å²) in [5, 5.41) is 2.81. The SMILES string of the molecule is Cc1csc(-c2cc(S(=O)(=O)N3CCOCC3)c(C)n2C)n1. The van der Waals surface area contributed by atoms with Crippen molar-refractivity contribution in [3.8, 4) is 10.7 Å². The lowest BCUT2D eigenvalue weighted by molar-refractivity contribution is 0.0730. The summed E-state index contributed by atoms with van der Waals surface area (Å²) >= 11 is 1.52. The summed E-state index contributed by atoms with van der Waals surface area (Å²) in [7, 11) is -1.61. The second-order valence-electron chi connectivity index (χ2n) is 5.35. The van der Waals surface area contributed by atoms with Crippen LogP contribution in [0.5, 0.6) is 0 Å². The molecule has 0 spiro atoms. The van der Waals surface area contributed by atoms with E-state index in [1.54, 1.807) is 6.07 Å². The smallest absolute Gasteiger partial charge is 0.245 e. The standard InChI is InChI=1S/C14H19N3O3S2/c1-10-9-21-14(15-10)12-8-13(11(2)16(12)3)22(18,19)17-4-6-20-7-5-17/h8-9H,4-7H2,1-3H3. The van der Waals surface area contributed by atoms with E-state index >= 15 is 0 Å². The third-order valence-electron chi connectivity index (χ3n) is 3.91. The van der Waals surface area contributed by atoms with Crippen molar-refractivity contribution in [1.29, 1.82) is 0 Å². The van der Waals surface area contributed by atoms with Crippen molar-refractivity contribution < 1.29 is 13.2 Å². The predicted molar refractivity (Wildman–Crippen MR) is 85.6 cm³/mol. The lowest BCUT2D eigenvalue weighted by atomic mass is 10.4. The Morgan fingerprint density at radius 1 is 1.27 bits per heavy atom. The van der Waals surface area contributed by atoms with Crippen LogP contribution in [0.1, 0.15) is 11.4 Å². The minimum atomic E-state index is -3.49. The van der Waals surface area contributed by atoms with Gasteiger partial charge in [-0.25, -0.2) is 13.4 Å². The maximum Gasteiger partial charge on any atom is 0.245 e. The van der Waals surface area contributed by atoms with Crippen molar-refractivity contribution >= 4 is 21.4 Å². The first-order chi connectivity index (χ1) is 10.4. The molecule has 1 aliphatic heterocycles. The Bertz CT molecular complexity index is 786. The highest BCUT2D eigenvalue weighted by Crippen LogP contribution is 2.31. The van der Waals surface area contributed by atoms with Gasteiger partial charge in [0.15, 0.2) is 0 Å². The van der Waals surface area contributed by atoms with E-state index in [4.69, 9.17) is 4.74 Å². The fourth-order valence-electron chi connectivity index (χ4n) is 2.54. The molecule has 0 atom stereocenters. The molecule has 0 amide bonds. The molecule has 22 heavy (non-hydrogen) atoms. The molecule has 8 heteroatoms. The van der Waals surface area contributed by atoms with Crippen molar-refractivity contribution in [2.45, 2.75) is 18.7 Å². The number of rotatable bonds is 3. The van der Waals surface area contributed by atoms with E-state index in [9.17, 15) is 8.42 Å². The first-order valence-electron chi connectivity index (χ1n) is 7.08. The number of sulfonamides is 1. The average Bonchev–Trinajstić information content (AvgIpc) is 3.05. The number of hydrogen-bond acceptors (Lipinski definition) is 5. The van der Waals surface area contributed by atoms with Crippen molar-refractivity contribution in [2.24, 2.45) is 7.05 Å². The van der Waals surface area contributed by atoms with Gasteiger partial charge in [0.05, 0.1) is 18.9 Å². The van der Waals surface area contributed by atoms with E-state index in [0.717, 1.165) is 22.1 Å². The van der Waals surface area contributed by atoms with Crippen molar-refractivity contribution in [2.75, 3.05) is 26.3 Å². The number of hydrogen-bond donors (Lipinski definition) is 0. The summed E-state index contributed by atoms with van der Waals surface area (Å²) < 4.78 is 34.3. The van der Waals surface area contributed by atoms with Gasteiger partial charge in [-0.05, 0) is 19.9 Å². The molecular weight excluding hydrogens is 322 g/mol. The van der Waals surface area contributed by atoms with E-state index in [0.29, 0.717) is 31.2 Å². The normalized spacial score (nSPS) is 17.0. The molecule has 3 rings (SSSR count). The molecule has 0 aromatic carbocycles. The van der Waals surface area contributed by atoms with Crippen LogP contribution in [0.4, 0.5) is 0 Å². The summed E-state index contributed by atoms with van der Waals surface area (Å²) in [5.41, 5.74) is 2.51. The maximum atomic E-state index is 12.9. The molecule has 0 aliphatic carbocycles. The molecule has 3 heterocycles. The van der Waals surface area contributed by atoms with Gasteiger partial charge < -0.3 is 9.30 Å². The van der Waals surface area contributed by atoms with Crippen LogP contribution in [-0.4, -0.2) is 48.6 Å². The Labute approximate surface area is 134 Å². The molecule has 2 aromatic heterocycles. The zero-order valence-electron chi connectivity index (χ0n) is 12.9. The first-order valence-corrected chi connectivity index (χ1v) is 9.40. The van der Waals surface area contributed by atoms with Crippen LogP contribution in [0, 0.1) is 13.8 Å². The monoisotopic (exact) mass is 341 g/mol. The Kier molecular flexibility index (Phi) is 4.11. The van der Waals surface area contributed by atoms with E-state index in [1.807, 2.05) is 30.8 Å². The molecule has 2 aromatic rings. The number of ether oxygens (including phenoxy) is 1. The van der Waals surface area contributed by atoms with Crippen LogP contribution in [0.25, 0.3) is 10.7 Å². The first kappa shape index (κ1) is 15.7. The van der Waals surface area contributed by atoms with Gasteiger partial charge in [0.1, 0.15) is 9.90 Å². The third-order valence-corrected chi connectivity index (χ3v) is 6.91. The largest absolute Gasteiger partial charge is 0.379 e. The second kappa shape index (κ2) is 5.77. The van der Waals surface area contributed by atoms with Crippen molar-refractivity contribution in [1.82, 2.24) is 13.9 Å². The molecule has 1 saturated heterocycles. The van der Waals surface area contributed by atoms with Crippen LogP contribution in [0.15, 0.2) is 16.3 Å². The third kappa shape index (κ3) is 2.60. The topological polar surface area (TPSA) is 64.4 Å². The number of nitrogens with zero attached hydrogens (tertiary/aromatic N) is 3. The molecule has 0 unspecified atom stereocenters. The van der Waals surface area contributed by atoms with Crippen LogP contribution >= 0.6 is 11.3 Å². The van der Waals surface area contributed by atoms with E-state index in [1.165, 1.54) is 15.6 Å². The van der Waals surface area contributed by atoms with Crippen LogP contribution in [0.2, 0.25) is 0 Å². The average molecular weight is 341 g/mol. The van der Waals surface area contributed by atoms with Gasteiger partial charge in [-0.15, -0.1) is 11.3 Å². The van der Waals surface area contributed by atoms with Gasteiger partial charge in [-0.3, -0.25) is 0 Å². The minimum absolute atomic E-state index is 0.361. The highest BCUT2D eigenvalue weighted by molar-refractivity contribution is 7.89. The molecule has 0 N–H and O–H groups in total. The molecule has 0 radical (unpaired) electrons. The van der Waals surface area contributed by atoms with Crippen LogP contribution < -0.4 is 0 Å². The van der Waals surface area contributed by atoms with Crippen molar-refractivity contribution in [3.05, 3.63) is 22.8 Å². The number of aromatic nitrogens is 2. The molecule has 0 saturated carbocycles. The van der Waals surface area contributed by atoms with Crippen LogP contribution in [-0.2, 0) is 21.8 Å². The highest BCUT2D eigenvalue weighted by Gasteiger charge is 2.30. The fourth-order valence-corrected chi connectivity index (χ4v) is 5.06. The van der Waals surface area contributed by atoms with Crippen molar-refractivity contribution in [3.63, 3.8) is 0 Å². The molecule has 6 nitrogen and oxygen atoms in total. The predicted octanol–water partition coefficient (Wildman–Crippen LogP) is 1.79. The molecule has 1 aliphatic rings. The zero-order valence-corrected chi connectivity index (χ0v) is 14.5. The number of aryl methyl sites for hydroxylation is 1. The second-order valence-corrected chi connectivity index (χ2v) is 8.11. The Balaban J connectivity index is 2.04. The Morgan fingerprint density at radius 3 is 2.55 bits per heavy atom. The number of morpholine rings is 1. The fraction of sp³-hybridized carbons (Fsp3) is 0.500. The summed E-state index contributed by atoms with van der Waals surface area (Å²) in [6.45, 7) is 5.47. The highest BCUT2D eigenvalue weighted by atomic mass is 32.2. The van der Waals surface area contributed by atoms with Gasteiger partial charge >= 0.3 is 0 Å². The van der Waals surface area contributed by atoms with Gasteiger partial charge in [0.25, 0.3) is 0 Å². The number of thiazole rings is 1. The Hall–Kier alpha value is -1.22. The molecule has 1 fully saturated rings. The molecule has 120 valence electrons. The van der Waals surface area contributed by atoms with E-state index < -0.39 is 10.0 Å². The maximum absolute atomic E-state index is 12.9. The summed E-state index contributed by atoms with van der Waals surface area (Å²) in [5.74, 6) is 0. The lowest BCUT2D eigenvalue weighted by Crippen LogP contribution is -2.40. The summed E-state index contributed by atoms with van der Waals surface area (Å²) in [4.78, 5) is 4.82. The zero-order chi connectivity index (χ0) is 15.9. The molecular formula is C14H19N3O3S2. The van der Waals surface area contributed by atoms with E-state index in [-0.39, 0.29) is 0 Å². The minimum Gasteiger partial charge on any atom is -0.379 e. The van der Waals surface area contributed by atoms with Gasteiger partial charge in [-0.2, -0.15) is 4.31 Å². The van der Waals surface area contributed by atoms with Crippen LogP contribution in [0.3, 0.4) is 0 Å².